The van der Waals surface area contributed by atoms with Gasteiger partial charge in [-0.25, -0.2) is 13.2 Å². The quantitative estimate of drug-likeness (QED) is 0.567. The lowest BCUT2D eigenvalue weighted by Crippen LogP contribution is -2.51. The highest BCUT2D eigenvalue weighted by Gasteiger charge is 2.39. The first kappa shape index (κ1) is 21.1. The summed E-state index contributed by atoms with van der Waals surface area (Å²) in [5.41, 5.74) is 1.59. The Hall–Kier alpha value is -2.23. The number of nitrogens with one attached hydrogen (secondary N) is 3. The molecule has 2 rings (SSSR count). The Balaban J connectivity index is 1.99. The van der Waals surface area contributed by atoms with E-state index in [1.54, 1.807) is 13.8 Å². The maximum absolute atomic E-state index is 12.3. The predicted molar refractivity (Wildman–Crippen MR) is 100 cm³/mol. The summed E-state index contributed by atoms with van der Waals surface area (Å²) in [5, 5.41) is 5.43. The third-order valence-corrected chi connectivity index (χ3v) is 6.31. The topological polar surface area (TPSA) is 138 Å². The highest BCUT2D eigenvalue weighted by atomic mass is 32.2. The van der Waals surface area contributed by atoms with Crippen LogP contribution in [0.5, 0.6) is 0 Å². The summed E-state index contributed by atoms with van der Waals surface area (Å²) in [7, 11) is -3.32. The molecule has 0 unspecified atom stereocenters. The van der Waals surface area contributed by atoms with Crippen LogP contribution in [0.15, 0.2) is 4.79 Å². The van der Waals surface area contributed by atoms with Gasteiger partial charge >= 0.3 is 5.69 Å². The minimum absolute atomic E-state index is 0.127. The fourth-order valence-corrected chi connectivity index (χ4v) is 5.14. The van der Waals surface area contributed by atoms with Crippen molar-refractivity contribution in [2.45, 2.75) is 58.5 Å². The Labute approximate surface area is 158 Å². The van der Waals surface area contributed by atoms with Crippen molar-refractivity contribution in [2.75, 3.05) is 11.5 Å². The van der Waals surface area contributed by atoms with E-state index in [0.717, 1.165) is 5.56 Å². The molecular formula is C17H26N4O5S. The van der Waals surface area contributed by atoms with Gasteiger partial charge in [-0.1, -0.05) is 6.92 Å². The summed E-state index contributed by atoms with van der Waals surface area (Å²) in [6, 6.07) is -1.25. The molecule has 0 saturated carbocycles. The molecule has 0 aliphatic carbocycles. The molecular weight excluding hydrogens is 372 g/mol. The van der Waals surface area contributed by atoms with E-state index in [4.69, 9.17) is 0 Å². The number of carbonyl (C=O) groups is 2. The second-order valence-electron chi connectivity index (χ2n) is 6.91. The number of rotatable bonds is 7. The largest absolute Gasteiger partial charge is 0.350 e. The number of nitrogens with zero attached hydrogens (tertiary/aromatic N) is 1. The molecule has 1 aromatic heterocycles. The first-order valence-electron chi connectivity index (χ1n) is 8.97. The molecule has 1 aliphatic rings. The SMILES string of the molecule is CCCC(=O)N[C@@H]1CS(=O)(=O)C[C@H]1NC(=O)CCc1c(C)nc(=O)[nH]c1C. The van der Waals surface area contributed by atoms with Gasteiger partial charge in [-0.3, -0.25) is 9.59 Å². The smallest absolute Gasteiger partial charge is 0.345 e. The summed E-state index contributed by atoms with van der Waals surface area (Å²) >= 11 is 0. The van der Waals surface area contributed by atoms with Gasteiger partial charge in [0.05, 0.1) is 23.6 Å². The molecule has 2 amide bonds. The summed E-state index contributed by atoms with van der Waals surface area (Å²) in [6.45, 7) is 5.31. The van der Waals surface area contributed by atoms with E-state index in [1.165, 1.54) is 0 Å². The normalized spacial score (nSPS) is 21.0. The lowest BCUT2D eigenvalue weighted by molar-refractivity contribution is -0.124. The van der Waals surface area contributed by atoms with Gasteiger partial charge < -0.3 is 15.6 Å². The minimum Gasteiger partial charge on any atom is -0.350 e. The maximum Gasteiger partial charge on any atom is 0.345 e. The van der Waals surface area contributed by atoms with Crippen LogP contribution >= 0.6 is 0 Å². The number of hydrogen-bond donors (Lipinski definition) is 3. The van der Waals surface area contributed by atoms with Crippen LogP contribution < -0.4 is 16.3 Å². The van der Waals surface area contributed by atoms with Gasteiger partial charge in [0.2, 0.25) is 11.8 Å². The van der Waals surface area contributed by atoms with E-state index < -0.39 is 27.6 Å². The maximum atomic E-state index is 12.3. The highest BCUT2D eigenvalue weighted by molar-refractivity contribution is 7.91. The van der Waals surface area contributed by atoms with Crippen LogP contribution in [0, 0.1) is 13.8 Å². The molecule has 0 bridgehead atoms. The fourth-order valence-electron chi connectivity index (χ4n) is 3.28. The molecule has 27 heavy (non-hydrogen) atoms. The Morgan fingerprint density at radius 1 is 1.11 bits per heavy atom. The zero-order valence-corrected chi connectivity index (χ0v) is 16.6. The predicted octanol–water partition coefficient (Wildman–Crippen LogP) is -0.483. The van der Waals surface area contributed by atoms with Crippen molar-refractivity contribution in [1.29, 1.82) is 0 Å². The average Bonchev–Trinajstić information content (AvgIpc) is 2.79. The number of H-pyrrole nitrogens is 1. The summed E-state index contributed by atoms with van der Waals surface area (Å²) in [6.07, 6.45) is 1.48. The van der Waals surface area contributed by atoms with E-state index in [9.17, 15) is 22.8 Å². The van der Waals surface area contributed by atoms with Crippen LogP contribution in [0.4, 0.5) is 0 Å². The Bertz CT molecular complexity index is 852. The number of aromatic amines is 1. The van der Waals surface area contributed by atoms with Crippen molar-refractivity contribution < 1.29 is 18.0 Å². The number of hydrogen-bond acceptors (Lipinski definition) is 6. The molecule has 3 N–H and O–H groups in total. The monoisotopic (exact) mass is 398 g/mol. The lowest BCUT2D eigenvalue weighted by atomic mass is 10.1. The molecule has 0 aromatic carbocycles. The van der Waals surface area contributed by atoms with Crippen molar-refractivity contribution in [1.82, 2.24) is 20.6 Å². The second-order valence-corrected chi connectivity index (χ2v) is 9.06. The Morgan fingerprint density at radius 3 is 2.19 bits per heavy atom. The molecule has 150 valence electrons. The highest BCUT2D eigenvalue weighted by Crippen LogP contribution is 2.14. The van der Waals surface area contributed by atoms with Gasteiger partial charge in [-0.05, 0) is 32.3 Å². The first-order valence-corrected chi connectivity index (χ1v) is 10.8. The molecule has 1 fully saturated rings. The summed E-state index contributed by atoms with van der Waals surface area (Å²) in [4.78, 5) is 41.9. The molecule has 2 heterocycles. The van der Waals surface area contributed by atoms with Crippen molar-refractivity contribution >= 4 is 21.7 Å². The van der Waals surface area contributed by atoms with Gasteiger partial charge in [-0.15, -0.1) is 0 Å². The standard InChI is InChI=1S/C17H26N4O5S/c1-4-5-15(22)20-13-8-27(25,26)9-14(13)21-16(23)7-6-12-10(2)18-17(24)19-11(12)3/h13-14H,4-9H2,1-3H3,(H,20,22)(H,21,23)(H,18,19,24)/t13-,14-/m1/s1. The molecule has 0 spiro atoms. The molecule has 9 nitrogen and oxygen atoms in total. The minimum atomic E-state index is -3.32. The van der Waals surface area contributed by atoms with E-state index in [0.29, 0.717) is 30.7 Å². The fraction of sp³-hybridized carbons (Fsp3) is 0.647. The van der Waals surface area contributed by atoms with E-state index in [2.05, 4.69) is 20.6 Å². The van der Waals surface area contributed by atoms with Crippen LogP contribution in [0.3, 0.4) is 0 Å². The van der Waals surface area contributed by atoms with Crippen LogP contribution in [0.2, 0.25) is 0 Å². The summed E-state index contributed by atoms with van der Waals surface area (Å²) in [5.74, 6) is -0.884. The molecule has 0 radical (unpaired) electrons. The van der Waals surface area contributed by atoms with Crippen molar-refractivity contribution in [3.8, 4) is 0 Å². The van der Waals surface area contributed by atoms with Crippen LogP contribution in [-0.2, 0) is 25.8 Å². The van der Waals surface area contributed by atoms with Gasteiger partial charge in [0.1, 0.15) is 0 Å². The zero-order valence-electron chi connectivity index (χ0n) is 15.8. The van der Waals surface area contributed by atoms with E-state index >= 15 is 0 Å². The van der Waals surface area contributed by atoms with Crippen molar-refractivity contribution in [3.05, 3.63) is 27.4 Å². The average molecular weight is 398 g/mol. The molecule has 1 saturated heterocycles. The number of aromatic nitrogens is 2. The van der Waals surface area contributed by atoms with Gasteiger partial charge in [-0.2, -0.15) is 4.98 Å². The van der Waals surface area contributed by atoms with Crippen LogP contribution in [0.25, 0.3) is 0 Å². The molecule has 1 aliphatic heterocycles. The van der Waals surface area contributed by atoms with Crippen LogP contribution in [-0.4, -0.2) is 53.8 Å². The first-order chi connectivity index (χ1) is 12.6. The third kappa shape index (κ3) is 5.88. The number of aryl methyl sites for hydroxylation is 2. The van der Waals surface area contributed by atoms with Crippen LogP contribution in [0.1, 0.15) is 43.1 Å². The molecule has 1 aromatic rings. The van der Waals surface area contributed by atoms with Crippen molar-refractivity contribution in [3.63, 3.8) is 0 Å². The third-order valence-electron chi connectivity index (χ3n) is 4.58. The Morgan fingerprint density at radius 2 is 1.67 bits per heavy atom. The summed E-state index contributed by atoms with van der Waals surface area (Å²) < 4.78 is 23.9. The van der Waals surface area contributed by atoms with Gasteiger partial charge in [0.25, 0.3) is 0 Å². The van der Waals surface area contributed by atoms with Gasteiger partial charge in [0, 0.05) is 24.2 Å². The lowest BCUT2D eigenvalue weighted by Gasteiger charge is -2.21. The number of sulfone groups is 1. The zero-order chi connectivity index (χ0) is 20.2. The molecule has 10 heteroatoms. The van der Waals surface area contributed by atoms with Gasteiger partial charge in [0.15, 0.2) is 9.84 Å². The van der Waals surface area contributed by atoms with E-state index in [1.807, 2.05) is 6.92 Å². The molecule has 2 atom stereocenters. The number of carbonyl (C=O) groups excluding carboxylic acids is 2. The van der Waals surface area contributed by atoms with Crippen molar-refractivity contribution in [2.24, 2.45) is 0 Å². The van der Waals surface area contributed by atoms with E-state index in [-0.39, 0.29) is 29.7 Å². The second kappa shape index (κ2) is 8.64. The number of amides is 2. The Kier molecular flexibility index (Phi) is 6.74.